The van der Waals surface area contributed by atoms with E-state index >= 15 is 0 Å². The molecule has 0 aromatic carbocycles. The van der Waals surface area contributed by atoms with Crippen molar-refractivity contribution in [2.45, 2.75) is 79.6 Å². The highest BCUT2D eigenvalue weighted by molar-refractivity contribution is 5.96. The van der Waals surface area contributed by atoms with E-state index in [2.05, 4.69) is 0 Å². The van der Waals surface area contributed by atoms with E-state index in [-0.39, 0.29) is 42.0 Å². The SMILES string of the molecule is CC=C(C)C(=O)OC1C(COC(C)=O)=CC2C(=O)C3(C=C(C)C(OC(C)=O)C13O)C(C)CC1C2C1(C)COC(C)=O. The molecule has 2 fully saturated rings. The Morgan fingerprint density at radius 3 is 2.22 bits per heavy atom. The van der Waals surface area contributed by atoms with Crippen LogP contribution in [-0.4, -0.2) is 65.8 Å². The molecule has 1 N–H and O–H groups in total. The van der Waals surface area contributed by atoms with E-state index in [4.69, 9.17) is 18.9 Å². The predicted molar refractivity (Wildman–Crippen MR) is 145 cm³/mol. The summed E-state index contributed by atoms with van der Waals surface area (Å²) in [4.78, 5) is 64.0. The van der Waals surface area contributed by atoms with Crippen LogP contribution in [0.15, 0.2) is 34.9 Å². The highest BCUT2D eigenvalue weighted by Crippen LogP contribution is 2.72. The summed E-state index contributed by atoms with van der Waals surface area (Å²) in [7, 11) is 0. The lowest BCUT2D eigenvalue weighted by Crippen LogP contribution is -2.66. The van der Waals surface area contributed by atoms with Crippen LogP contribution in [0.25, 0.3) is 0 Å². The van der Waals surface area contributed by atoms with Gasteiger partial charge in [-0.2, -0.15) is 0 Å². The lowest BCUT2D eigenvalue weighted by atomic mass is 9.59. The monoisotopic (exact) mass is 572 g/mol. The number of fused-ring (bicyclic) bond motifs is 3. The molecule has 224 valence electrons. The highest BCUT2D eigenvalue weighted by Gasteiger charge is 2.78. The lowest BCUT2D eigenvalue weighted by Gasteiger charge is -2.49. The molecule has 0 aromatic rings. The second-order valence-corrected chi connectivity index (χ2v) is 12.3. The van der Waals surface area contributed by atoms with Gasteiger partial charge >= 0.3 is 23.9 Å². The van der Waals surface area contributed by atoms with Crippen molar-refractivity contribution in [2.24, 2.45) is 34.5 Å². The molecule has 10 heteroatoms. The van der Waals surface area contributed by atoms with Crippen LogP contribution >= 0.6 is 0 Å². The summed E-state index contributed by atoms with van der Waals surface area (Å²) in [6, 6.07) is 0. The topological polar surface area (TPSA) is 142 Å². The minimum Gasteiger partial charge on any atom is -0.465 e. The number of allylic oxidation sites excluding steroid dienone is 2. The second kappa shape index (κ2) is 10.5. The van der Waals surface area contributed by atoms with Gasteiger partial charge in [0.15, 0.2) is 23.6 Å². The van der Waals surface area contributed by atoms with Crippen molar-refractivity contribution in [3.63, 3.8) is 0 Å². The van der Waals surface area contributed by atoms with Crippen LogP contribution in [-0.2, 0) is 42.9 Å². The van der Waals surface area contributed by atoms with Gasteiger partial charge in [0.1, 0.15) is 6.61 Å². The van der Waals surface area contributed by atoms with Crippen molar-refractivity contribution in [3.05, 3.63) is 34.9 Å². The molecule has 0 aromatic heterocycles. The Hall–Kier alpha value is -3.27. The maximum Gasteiger partial charge on any atom is 0.334 e. The molecule has 0 aliphatic heterocycles. The molecule has 9 atom stereocenters. The first-order valence-corrected chi connectivity index (χ1v) is 14.0. The van der Waals surface area contributed by atoms with Gasteiger partial charge in [-0.05, 0) is 50.5 Å². The van der Waals surface area contributed by atoms with E-state index in [1.54, 1.807) is 39.0 Å². The van der Waals surface area contributed by atoms with Crippen LogP contribution in [0, 0.1) is 34.5 Å². The van der Waals surface area contributed by atoms with Crippen molar-refractivity contribution >= 4 is 29.7 Å². The summed E-state index contributed by atoms with van der Waals surface area (Å²) < 4.78 is 22.5. The number of aliphatic hydroxyl groups is 1. The molecule has 41 heavy (non-hydrogen) atoms. The van der Waals surface area contributed by atoms with Crippen LogP contribution in [0.5, 0.6) is 0 Å². The van der Waals surface area contributed by atoms with E-state index in [1.165, 1.54) is 20.8 Å². The van der Waals surface area contributed by atoms with Crippen LogP contribution in [0.4, 0.5) is 0 Å². The van der Waals surface area contributed by atoms with Crippen molar-refractivity contribution in [3.8, 4) is 0 Å². The largest absolute Gasteiger partial charge is 0.465 e. The molecule has 4 aliphatic rings. The Morgan fingerprint density at radius 2 is 1.66 bits per heavy atom. The first-order valence-electron chi connectivity index (χ1n) is 14.0. The number of rotatable bonds is 7. The number of hydrogen-bond donors (Lipinski definition) is 1. The number of ether oxygens (including phenoxy) is 4. The Balaban J connectivity index is 1.97. The summed E-state index contributed by atoms with van der Waals surface area (Å²) in [6.07, 6.45) is 2.59. The second-order valence-electron chi connectivity index (χ2n) is 12.3. The maximum atomic E-state index is 14.9. The summed E-state index contributed by atoms with van der Waals surface area (Å²) in [5.74, 6) is -4.29. The third-order valence-corrected chi connectivity index (χ3v) is 9.77. The van der Waals surface area contributed by atoms with Gasteiger partial charge in [-0.3, -0.25) is 19.2 Å². The highest BCUT2D eigenvalue weighted by atomic mass is 16.6. The van der Waals surface area contributed by atoms with E-state index < -0.39 is 64.4 Å². The molecule has 0 radical (unpaired) electrons. The van der Waals surface area contributed by atoms with Crippen molar-refractivity contribution in [1.82, 2.24) is 0 Å². The smallest absolute Gasteiger partial charge is 0.334 e. The van der Waals surface area contributed by atoms with Gasteiger partial charge in [0.05, 0.1) is 12.0 Å². The van der Waals surface area contributed by atoms with Gasteiger partial charge in [-0.15, -0.1) is 0 Å². The van der Waals surface area contributed by atoms with Gasteiger partial charge < -0.3 is 24.1 Å². The molecule has 0 saturated heterocycles. The van der Waals surface area contributed by atoms with Crippen molar-refractivity contribution in [2.75, 3.05) is 13.2 Å². The molecule has 2 saturated carbocycles. The fraction of sp³-hybridized carbons (Fsp3) is 0.645. The maximum absolute atomic E-state index is 14.9. The number of carbonyl (C=O) groups excluding carboxylic acids is 5. The first-order chi connectivity index (χ1) is 19.1. The Kier molecular flexibility index (Phi) is 7.88. The quantitative estimate of drug-likeness (QED) is 0.209. The first kappa shape index (κ1) is 30.7. The van der Waals surface area contributed by atoms with Crippen molar-refractivity contribution < 1.29 is 48.0 Å². The standard InChI is InChI=1S/C31H40O10/c1-9-15(2)28(36)41-27-21(13-38-18(5)32)11-22-24-23(29(24,8)14-39-19(6)33)10-17(4)30(25(22)35)12-16(3)26(31(27,30)37)40-20(7)34/h9,11-12,17,22-24,26-27,37H,10,13-14H2,1-8H3. The molecular formula is C31H40O10. The van der Waals surface area contributed by atoms with Crippen LogP contribution in [0.1, 0.15) is 61.8 Å². The fourth-order valence-corrected chi connectivity index (χ4v) is 7.68. The number of hydrogen-bond acceptors (Lipinski definition) is 10. The normalized spacial score (nSPS) is 39.1. The van der Waals surface area contributed by atoms with E-state index in [0.29, 0.717) is 12.0 Å². The number of esters is 4. The molecule has 10 nitrogen and oxygen atoms in total. The number of Topliss-reactive ketones (excluding diaryl/α,β-unsaturated/α-hetero) is 1. The van der Waals surface area contributed by atoms with Gasteiger partial charge in [0.2, 0.25) is 0 Å². The van der Waals surface area contributed by atoms with Crippen LogP contribution in [0.2, 0.25) is 0 Å². The Labute approximate surface area is 240 Å². The average Bonchev–Trinajstić information content (AvgIpc) is 3.43. The number of carbonyl (C=O) groups is 5. The molecule has 9 unspecified atom stereocenters. The molecule has 4 aliphatic carbocycles. The van der Waals surface area contributed by atoms with Crippen molar-refractivity contribution in [1.29, 1.82) is 0 Å². The predicted octanol–water partition coefficient (Wildman–Crippen LogP) is 3.02. The zero-order chi connectivity index (χ0) is 30.7. The fourth-order valence-electron chi connectivity index (χ4n) is 7.68. The minimum atomic E-state index is -2.23. The summed E-state index contributed by atoms with van der Waals surface area (Å²) >= 11 is 0. The summed E-state index contributed by atoms with van der Waals surface area (Å²) in [5.41, 5.74) is -3.39. The zero-order valence-corrected chi connectivity index (χ0v) is 24.9. The Bertz CT molecular complexity index is 1280. The van der Waals surface area contributed by atoms with Crippen LogP contribution in [0.3, 0.4) is 0 Å². The van der Waals surface area contributed by atoms with E-state index in [0.717, 1.165) is 0 Å². The zero-order valence-electron chi connectivity index (χ0n) is 24.9. The van der Waals surface area contributed by atoms with E-state index in [1.807, 2.05) is 13.8 Å². The van der Waals surface area contributed by atoms with E-state index in [9.17, 15) is 29.1 Å². The molecule has 2 bridgehead atoms. The van der Waals surface area contributed by atoms with Gasteiger partial charge in [-0.1, -0.05) is 32.1 Å². The summed E-state index contributed by atoms with van der Waals surface area (Å²) in [6.45, 7) is 12.3. The average molecular weight is 573 g/mol. The molecule has 4 rings (SSSR count). The number of ketones is 1. The molecule has 0 amide bonds. The lowest BCUT2D eigenvalue weighted by molar-refractivity contribution is -0.211. The third-order valence-electron chi connectivity index (χ3n) is 9.77. The van der Waals surface area contributed by atoms with Gasteiger partial charge in [0.25, 0.3) is 0 Å². The minimum absolute atomic E-state index is 0.0218. The van der Waals surface area contributed by atoms with Crippen LogP contribution < -0.4 is 0 Å². The molecule has 1 spiro atoms. The Morgan fingerprint density at radius 1 is 1.02 bits per heavy atom. The van der Waals surface area contributed by atoms with Gasteiger partial charge in [0, 0.05) is 43.3 Å². The molecule has 0 heterocycles. The molecular weight excluding hydrogens is 532 g/mol. The summed E-state index contributed by atoms with van der Waals surface area (Å²) in [5, 5.41) is 12.9. The third kappa shape index (κ3) is 4.64. The van der Waals surface area contributed by atoms with Gasteiger partial charge in [-0.25, -0.2) is 4.79 Å².